The number of hydrogen-bond donors (Lipinski definition) is 1. The van der Waals surface area contributed by atoms with Gasteiger partial charge in [0, 0.05) is 17.2 Å². The van der Waals surface area contributed by atoms with Crippen LogP contribution in [0.5, 0.6) is 11.5 Å². The summed E-state index contributed by atoms with van der Waals surface area (Å²) in [5.74, 6) is 1.14. The van der Waals surface area contributed by atoms with Gasteiger partial charge in [-0.05, 0) is 54.4 Å². The number of rotatable bonds is 6. The Morgan fingerprint density at radius 1 is 1.03 bits per heavy atom. The Bertz CT molecular complexity index is 1240. The lowest BCUT2D eigenvalue weighted by Gasteiger charge is -2.11. The standard InChI is InChI=1S/C24H21ClN2O4/c1-4-14-5-8-22-21(9-14)27-24(31-22)15-6-7-19(25)20(12-15)26-23(28)16-10-17(29-2)13-18(11-16)30-3/h5-13H,4H2,1-3H3,(H,26,28). The highest BCUT2D eigenvalue weighted by atomic mass is 35.5. The summed E-state index contributed by atoms with van der Waals surface area (Å²) in [7, 11) is 3.06. The van der Waals surface area contributed by atoms with Gasteiger partial charge in [0.15, 0.2) is 5.58 Å². The monoisotopic (exact) mass is 436 g/mol. The third-order valence-electron chi connectivity index (χ3n) is 4.94. The fourth-order valence-electron chi connectivity index (χ4n) is 3.20. The summed E-state index contributed by atoms with van der Waals surface area (Å²) in [6.45, 7) is 2.09. The first-order valence-corrected chi connectivity index (χ1v) is 10.1. The topological polar surface area (TPSA) is 73.6 Å². The SMILES string of the molecule is CCc1ccc2oc(-c3ccc(Cl)c(NC(=O)c4cc(OC)cc(OC)c4)c3)nc2c1. The molecule has 0 saturated carbocycles. The molecule has 0 aliphatic carbocycles. The van der Waals surface area contributed by atoms with Gasteiger partial charge in [-0.2, -0.15) is 0 Å². The van der Waals surface area contributed by atoms with Gasteiger partial charge in [-0.3, -0.25) is 4.79 Å². The summed E-state index contributed by atoms with van der Waals surface area (Å²) in [6, 6.07) is 16.1. The second kappa shape index (κ2) is 8.70. The van der Waals surface area contributed by atoms with Crippen LogP contribution >= 0.6 is 11.6 Å². The minimum Gasteiger partial charge on any atom is -0.497 e. The van der Waals surface area contributed by atoms with Crippen LogP contribution in [0.4, 0.5) is 5.69 Å². The lowest BCUT2D eigenvalue weighted by Crippen LogP contribution is -2.12. The zero-order chi connectivity index (χ0) is 22.0. The number of fused-ring (bicyclic) bond motifs is 1. The number of oxazole rings is 1. The molecule has 0 unspecified atom stereocenters. The third kappa shape index (κ3) is 4.34. The highest BCUT2D eigenvalue weighted by Gasteiger charge is 2.15. The second-order valence-corrected chi connectivity index (χ2v) is 7.33. The largest absolute Gasteiger partial charge is 0.497 e. The molecule has 158 valence electrons. The van der Waals surface area contributed by atoms with Crippen molar-refractivity contribution in [3.63, 3.8) is 0 Å². The molecular formula is C24H21ClN2O4. The van der Waals surface area contributed by atoms with E-state index in [9.17, 15) is 4.79 Å². The summed E-state index contributed by atoms with van der Waals surface area (Å²) >= 11 is 6.34. The van der Waals surface area contributed by atoms with Gasteiger partial charge >= 0.3 is 0 Å². The molecule has 1 heterocycles. The van der Waals surface area contributed by atoms with Gasteiger partial charge in [0.2, 0.25) is 5.89 Å². The summed E-state index contributed by atoms with van der Waals surface area (Å²) in [4.78, 5) is 17.4. The van der Waals surface area contributed by atoms with Crippen molar-refractivity contribution >= 4 is 34.3 Å². The van der Waals surface area contributed by atoms with Crippen LogP contribution in [-0.2, 0) is 6.42 Å². The molecule has 4 rings (SSSR count). The molecule has 0 fully saturated rings. The van der Waals surface area contributed by atoms with Crippen LogP contribution in [-0.4, -0.2) is 25.1 Å². The number of halogens is 1. The van der Waals surface area contributed by atoms with Gasteiger partial charge in [0.25, 0.3) is 5.91 Å². The summed E-state index contributed by atoms with van der Waals surface area (Å²) in [6.07, 6.45) is 0.921. The van der Waals surface area contributed by atoms with Gasteiger partial charge in [-0.1, -0.05) is 24.6 Å². The average Bonchev–Trinajstić information content (AvgIpc) is 3.23. The van der Waals surface area contributed by atoms with Crippen LogP contribution in [0.3, 0.4) is 0 Å². The van der Waals surface area contributed by atoms with E-state index in [0.717, 1.165) is 11.9 Å². The summed E-state index contributed by atoms with van der Waals surface area (Å²) in [5, 5.41) is 3.24. The zero-order valence-electron chi connectivity index (χ0n) is 17.4. The van der Waals surface area contributed by atoms with Crippen LogP contribution in [0.2, 0.25) is 5.02 Å². The Hall–Kier alpha value is -3.51. The maximum atomic E-state index is 12.8. The Kier molecular flexibility index (Phi) is 5.82. The molecule has 1 amide bonds. The number of nitrogens with zero attached hydrogens (tertiary/aromatic N) is 1. The van der Waals surface area contributed by atoms with Crippen LogP contribution < -0.4 is 14.8 Å². The third-order valence-corrected chi connectivity index (χ3v) is 5.26. The summed E-state index contributed by atoms with van der Waals surface area (Å²) in [5.41, 5.74) is 4.21. The number of carbonyl (C=O) groups excluding carboxylic acids is 1. The quantitative estimate of drug-likeness (QED) is 0.402. The van der Waals surface area contributed by atoms with E-state index in [4.69, 9.17) is 25.5 Å². The number of ether oxygens (including phenoxy) is 2. The van der Waals surface area contributed by atoms with Crippen molar-refractivity contribution in [2.75, 3.05) is 19.5 Å². The molecule has 0 saturated heterocycles. The molecule has 0 spiro atoms. The number of aromatic nitrogens is 1. The number of methoxy groups -OCH3 is 2. The maximum absolute atomic E-state index is 12.8. The minimum absolute atomic E-state index is 0.346. The molecule has 0 aliphatic heterocycles. The Balaban J connectivity index is 1.65. The van der Waals surface area contributed by atoms with E-state index >= 15 is 0 Å². The number of anilines is 1. The number of aryl methyl sites for hydroxylation is 1. The normalized spacial score (nSPS) is 10.8. The highest BCUT2D eigenvalue weighted by molar-refractivity contribution is 6.34. The number of amides is 1. The number of benzene rings is 3. The molecule has 7 heteroatoms. The van der Waals surface area contributed by atoms with Gasteiger partial charge in [-0.25, -0.2) is 4.98 Å². The highest BCUT2D eigenvalue weighted by Crippen LogP contribution is 2.31. The maximum Gasteiger partial charge on any atom is 0.255 e. The van der Waals surface area contributed by atoms with E-state index in [-0.39, 0.29) is 5.91 Å². The van der Waals surface area contributed by atoms with Crippen molar-refractivity contribution in [1.29, 1.82) is 0 Å². The Labute approximate surface area is 184 Å². The van der Waals surface area contributed by atoms with Crippen molar-refractivity contribution in [2.45, 2.75) is 13.3 Å². The van der Waals surface area contributed by atoms with E-state index in [2.05, 4.69) is 17.2 Å². The Morgan fingerprint density at radius 3 is 2.45 bits per heavy atom. The molecule has 0 atom stereocenters. The molecule has 1 N–H and O–H groups in total. The predicted molar refractivity (Wildman–Crippen MR) is 121 cm³/mol. The minimum atomic E-state index is -0.346. The average molecular weight is 437 g/mol. The first-order chi connectivity index (χ1) is 15.0. The van der Waals surface area contributed by atoms with Crippen LogP contribution in [0.15, 0.2) is 59.0 Å². The molecule has 1 aromatic heterocycles. The molecule has 0 radical (unpaired) electrons. The van der Waals surface area contributed by atoms with Gasteiger partial charge in [0.1, 0.15) is 17.0 Å². The molecule has 6 nitrogen and oxygen atoms in total. The fourth-order valence-corrected chi connectivity index (χ4v) is 3.37. The van der Waals surface area contributed by atoms with Crippen molar-refractivity contribution < 1.29 is 18.7 Å². The van der Waals surface area contributed by atoms with E-state index in [0.29, 0.717) is 44.8 Å². The van der Waals surface area contributed by atoms with Gasteiger partial charge in [0.05, 0.1) is 24.9 Å². The first kappa shape index (κ1) is 20.8. The van der Waals surface area contributed by atoms with Gasteiger partial charge in [-0.15, -0.1) is 0 Å². The van der Waals surface area contributed by atoms with E-state index < -0.39 is 0 Å². The molecule has 3 aromatic carbocycles. The molecule has 31 heavy (non-hydrogen) atoms. The smallest absolute Gasteiger partial charge is 0.255 e. The van der Waals surface area contributed by atoms with E-state index in [1.54, 1.807) is 36.4 Å². The summed E-state index contributed by atoms with van der Waals surface area (Å²) < 4.78 is 16.4. The van der Waals surface area contributed by atoms with Crippen molar-refractivity contribution in [3.8, 4) is 23.0 Å². The van der Waals surface area contributed by atoms with Crippen molar-refractivity contribution in [1.82, 2.24) is 4.98 Å². The van der Waals surface area contributed by atoms with E-state index in [1.165, 1.54) is 19.8 Å². The number of hydrogen-bond acceptors (Lipinski definition) is 5. The van der Waals surface area contributed by atoms with Crippen molar-refractivity contribution in [2.24, 2.45) is 0 Å². The van der Waals surface area contributed by atoms with Crippen LogP contribution in [0, 0.1) is 0 Å². The predicted octanol–water partition coefficient (Wildman–Crippen LogP) is 5.98. The first-order valence-electron chi connectivity index (χ1n) is 9.74. The number of carbonyl (C=O) groups is 1. The van der Waals surface area contributed by atoms with Crippen molar-refractivity contribution in [3.05, 3.63) is 70.7 Å². The Morgan fingerprint density at radius 2 is 1.77 bits per heavy atom. The molecule has 4 aromatic rings. The molecule has 0 aliphatic rings. The molecule has 0 bridgehead atoms. The molecular weight excluding hydrogens is 416 g/mol. The van der Waals surface area contributed by atoms with E-state index in [1.807, 2.05) is 18.2 Å². The zero-order valence-corrected chi connectivity index (χ0v) is 18.1. The lowest BCUT2D eigenvalue weighted by molar-refractivity contribution is 0.102. The van der Waals surface area contributed by atoms with Crippen LogP contribution in [0.25, 0.3) is 22.6 Å². The fraction of sp³-hybridized carbons (Fsp3) is 0.167. The van der Waals surface area contributed by atoms with Crippen LogP contribution in [0.1, 0.15) is 22.8 Å². The van der Waals surface area contributed by atoms with Gasteiger partial charge < -0.3 is 19.2 Å². The second-order valence-electron chi connectivity index (χ2n) is 6.92. The lowest BCUT2D eigenvalue weighted by atomic mass is 10.1. The number of nitrogens with one attached hydrogen (secondary N) is 1.